The summed E-state index contributed by atoms with van der Waals surface area (Å²) in [6.45, 7) is 5.95. The second kappa shape index (κ2) is 7.20. The molecular formula is C23H19F2N3O. The fourth-order valence-corrected chi connectivity index (χ4v) is 3.54. The van der Waals surface area contributed by atoms with Gasteiger partial charge in [-0.3, -0.25) is 0 Å². The molecule has 0 saturated carbocycles. The van der Waals surface area contributed by atoms with Gasteiger partial charge in [0.2, 0.25) is 0 Å². The van der Waals surface area contributed by atoms with Gasteiger partial charge >= 0.3 is 5.69 Å². The lowest BCUT2D eigenvalue weighted by Gasteiger charge is -2.18. The zero-order valence-electron chi connectivity index (χ0n) is 16.3. The Kier molecular flexibility index (Phi) is 4.70. The molecule has 2 aromatic carbocycles. The van der Waals surface area contributed by atoms with Crippen molar-refractivity contribution in [3.05, 3.63) is 88.0 Å². The molecule has 0 bridgehead atoms. The van der Waals surface area contributed by atoms with Crippen LogP contribution in [0.15, 0.2) is 59.5 Å². The van der Waals surface area contributed by atoms with Gasteiger partial charge in [0.05, 0.1) is 5.69 Å². The third-order valence-corrected chi connectivity index (χ3v) is 4.95. The Labute approximate surface area is 166 Å². The third kappa shape index (κ3) is 3.20. The number of rotatable bonds is 3. The molecule has 4 rings (SSSR count). The van der Waals surface area contributed by atoms with Crippen LogP contribution in [0.5, 0.6) is 0 Å². The maximum absolute atomic E-state index is 14.8. The number of benzene rings is 2. The zero-order valence-corrected chi connectivity index (χ0v) is 16.3. The maximum atomic E-state index is 14.8. The van der Waals surface area contributed by atoms with Crippen molar-refractivity contribution in [3.63, 3.8) is 0 Å². The van der Waals surface area contributed by atoms with Crippen molar-refractivity contribution in [1.29, 1.82) is 0 Å². The summed E-state index contributed by atoms with van der Waals surface area (Å²) in [7, 11) is 0. The third-order valence-electron chi connectivity index (χ3n) is 4.95. The normalized spacial score (nSPS) is 11.4. The smallest absolute Gasteiger partial charge is 0.245 e. The summed E-state index contributed by atoms with van der Waals surface area (Å²) in [5.74, 6) is -1.12. The summed E-state index contributed by atoms with van der Waals surface area (Å²) < 4.78 is 30.5. The first-order chi connectivity index (χ1) is 13.9. The van der Waals surface area contributed by atoms with Gasteiger partial charge in [-0.05, 0) is 42.2 Å². The van der Waals surface area contributed by atoms with E-state index < -0.39 is 17.3 Å². The minimum absolute atomic E-state index is 0.0385. The topological polar surface area (TPSA) is 47.8 Å². The number of halogens is 2. The van der Waals surface area contributed by atoms with Gasteiger partial charge in [-0.1, -0.05) is 44.2 Å². The molecule has 2 heterocycles. The minimum atomic E-state index is -0.677. The van der Waals surface area contributed by atoms with Crippen LogP contribution in [0, 0.1) is 18.6 Å². The van der Waals surface area contributed by atoms with Gasteiger partial charge in [0.1, 0.15) is 17.3 Å². The predicted octanol–water partition coefficient (Wildman–Crippen LogP) is 5.16. The number of aryl methyl sites for hydroxylation is 1. The van der Waals surface area contributed by atoms with Crippen LogP contribution in [0.4, 0.5) is 8.78 Å². The Morgan fingerprint density at radius 3 is 2.48 bits per heavy atom. The van der Waals surface area contributed by atoms with Gasteiger partial charge in [0.25, 0.3) is 0 Å². The van der Waals surface area contributed by atoms with E-state index in [2.05, 4.69) is 9.97 Å². The number of nitrogens with zero attached hydrogens (tertiary/aromatic N) is 3. The van der Waals surface area contributed by atoms with E-state index in [1.54, 1.807) is 6.07 Å². The fourth-order valence-electron chi connectivity index (χ4n) is 3.54. The SMILES string of the molecule is Cc1cccc(C(C)C)c1-n1c(=O)ncc2cc(F)c(-c3ccccc3F)nc21. The standard InChI is InChI=1S/C23H19F2N3O/c1-13(2)16-9-6-7-14(3)21(16)28-22-15(12-26-23(28)29)11-19(25)20(27-22)17-8-4-5-10-18(17)24/h4-13H,1-3H3. The largest absolute Gasteiger partial charge is 0.353 e. The van der Waals surface area contributed by atoms with Crippen LogP contribution < -0.4 is 5.69 Å². The summed E-state index contributed by atoms with van der Waals surface area (Å²) in [5.41, 5.74) is 2.09. The highest BCUT2D eigenvalue weighted by molar-refractivity contribution is 5.80. The molecule has 29 heavy (non-hydrogen) atoms. The van der Waals surface area contributed by atoms with Crippen LogP contribution in [0.25, 0.3) is 28.0 Å². The van der Waals surface area contributed by atoms with Gasteiger partial charge in [0, 0.05) is 17.1 Å². The lowest BCUT2D eigenvalue weighted by Crippen LogP contribution is -2.24. The lowest BCUT2D eigenvalue weighted by atomic mass is 9.98. The van der Waals surface area contributed by atoms with E-state index in [0.717, 1.165) is 11.1 Å². The van der Waals surface area contributed by atoms with Crippen molar-refractivity contribution < 1.29 is 8.78 Å². The molecule has 146 valence electrons. The van der Waals surface area contributed by atoms with E-state index in [1.807, 2.05) is 39.0 Å². The molecule has 0 aliphatic rings. The number of para-hydroxylation sites is 1. The second-order valence-electron chi connectivity index (χ2n) is 7.26. The molecule has 0 radical (unpaired) electrons. The van der Waals surface area contributed by atoms with E-state index in [0.29, 0.717) is 11.1 Å². The van der Waals surface area contributed by atoms with Gasteiger partial charge in [0.15, 0.2) is 5.65 Å². The number of fused-ring (bicyclic) bond motifs is 1. The molecule has 0 spiro atoms. The van der Waals surface area contributed by atoms with Crippen molar-refractivity contribution in [1.82, 2.24) is 14.5 Å². The zero-order chi connectivity index (χ0) is 20.7. The van der Waals surface area contributed by atoms with Crippen molar-refractivity contribution in [2.75, 3.05) is 0 Å². The Balaban J connectivity index is 2.12. The highest BCUT2D eigenvalue weighted by Crippen LogP contribution is 2.30. The molecule has 0 N–H and O–H groups in total. The maximum Gasteiger partial charge on any atom is 0.353 e. The molecule has 0 fully saturated rings. The Morgan fingerprint density at radius 1 is 1.00 bits per heavy atom. The highest BCUT2D eigenvalue weighted by atomic mass is 19.1. The van der Waals surface area contributed by atoms with Crippen LogP contribution in [0.1, 0.15) is 30.9 Å². The molecule has 0 unspecified atom stereocenters. The average Bonchev–Trinajstić information content (AvgIpc) is 2.69. The van der Waals surface area contributed by atoms with Gasteiger partial charge in [-0.15, -0.1) is 0 Å². The number of hydrogen-bond donors (Lipinski definition) is 0. The van der Waals surface area contributed by atoms with E-state index >= 15 is 0 Å². The van der Waals surface area contributed by atoms with E-state index in [-0.39, 0.29) is 22.8 Å². The monoisotopic (exact) mass is 391 g/mol. The molecular weight excluding hydrogens is 372 g/mol. The van der Waals surface area contributed by atoms with Crippen molar-refractivity contribution in [2.24, 2.45) is 0 Å². The Hall–Kier alpha value is -3.41. The first-order valence-electron chi connectivity index (χ1n) is 9.31. The molecule has 2 aromatic heterocycles. The molecule has 6 heteroatoms. The number of aromatic nitrogens is 3. The van der Waals surface area contributed by atoms with E-state index in [9.17, 15) is 13.6 Å². The van der Waals surface area contributed by atoms with Crippen molar-refractivity contribution in [2.45, 2.75) is 26.7 Å². The number of hydrogen-bond acceptors (Lipinski definition) is 3. The first-order valence-corrected chi connectivity index (χ1v) is 9.31. The minimum Gasteiger partial charge on any atom is -0.245 e. The molecule has 0 atom stereocenters. The summed E-state index contributed by atoms with van der Waals surface area (Å²) >= 11 is 0. The number of pyridine rings is 1. The van der Waals surface area contributed by atoms with Crippen molar-refractivity contribution in [3.8, 4) is 16.9 Å². The van der Waals surface area contributed by atoms with Gasteiger partial charge in [-0.2, -0.15) is 0 Å². The molecule has 0 aliphatic heterocycles. The summed E-state index contributed by atoms with van der Waals surface area (Å²) in [5, 5.41) is 0.361. The highest BCUT2D eigenvalue weighted by Gasteiger charge is 2.19. The van der Waals surface area contributed by atoms with Crippen LogP contribution in [0.2, 0.25) is 0 Å². The molecule has 0 aliphatic carbocycles. The van der Waals surface area contributed by atoms with Crippen LogP contribution >= 0.6 is 0 Å². The first kappa shape index (κ1) is 18.9. The Morgan fingerprint density at radius 2 is 1.76 bits per heavy atom. The Bertz CT molecular complexity index is 1300. The van der Waals surface area contributed by atoms with Crippen LogP contribution in [-0.4, -0.2) is 14.5 Å². The van der Waals surface area contributed by atoms with E-state index in [4.69, 9.17) is 0 Å². The lowest BCUT2D eigenvalue weighted by molar-refractivity contribution is 0.613. The van der Waals surface area contributed by atoms with Crippen LogP contribution in [-0.2, 0) is 0 Å². The second-order valence-corrected chi connectivity index (χ2v) is 7.26. The quantitative estimate of drug-likeness (QED) is 0.485. The predicted molar refractivity (Wildman–Crippen MR) is 109 cm³/mol. The molecule has 4 aromatic rings. The van der Waals surface area contributed by atoms with Gasteiger partial charge in [-0.25, -0.2) is 28.1 Å². The summed E-state index contributed by atoms with van der Waals surface area (Å²) in [6.07, 6.45) is 1.29. The fraction of sp³-hybridized carbons (Fsp3) is 0.174. The van der Waals surface area contributed by atoms with Gasteiger partial charge < -0.3 is 0 Å². The average molecular weight is 391 g/mol. The summed E-state index contributed by atoms with van der Waals surface area (Å²) in [6, 6.07) is 12.9. The molecule has 0 amide bonds. The van der Waals surface area contributed by atoms with Crippen LogP contribution in [0.3, 0.4) is 0 Å². The summed E-state index contributed by atoms with van der Waals surface area (Å²) in [4.78, 5) is 21.1. The molecule has 0 saturated heterocycles. The van der Waals surface area contributed by atoms with Crippen molar-refractivity contribution >= 4 is 11.0 Å². The molecule has 4 nitrogen and oxygen atoms in total. The van der Waals surface area contributed by atoms with E-state index in [1.165, 1.54) is 35.0 Å².